The summed E-state index contributed by atoms with van der Waals surface area (Å²) >= 11 is 0. The lowest BCUT2D eigenvalue weighted by Crippen LogP contribution is -2.43. The molecule has 0 N–H and O–H groups in total. The van der Waals surface area contributed by atoms with Crippen LogP contribution in [0.4, 0.5) is 0 Å². The normalized spacial score (nSPS) is 16.4. The summed E-state index contributed by atoms with van der Waals surface area (Å²) in [5, 5.41) is 0. The van der Waals surface area contributed by atoms with Crippen molar-refractivity contribution < 1.29 is 0 Å². The van der Waals surface area contributed by atoms with E-state index in [1.165, 1.54) is 37.2 Å². The first-order chi connectivity index (χ1) is 14.4. The Morgan fingerprint density at radius 3 is 1.58 bits per heavy atom. The molecule has 0 aromatic carbocycles. The predicted molar refractivity (Wildman–Crippen MR) is 132 cm³/mol. The minimum atomic E-state index is -0.201. The molecule has 0 atom stereocenters. The van der Waals surface area contributed by atoms with Crippen molar-refractivity contribution >= 4 is 0 Å². The van der Waals surface area contributed by atoms with Crippen molar-refractivity contribution in [1.82, 2.24) is 18.9 Å². The first-order valence-electron chi connectivity index (χ1n) is 12.2. The Labute approximate surface area is 190 Å². The molecule has 180 valence electrons. The molecule has 6 nitrogen and oxygen atoms in total. The van der Waals surface area contributed by atoms with E-state index in [1.54, 1.807) is 10.8 Å². The third-order valence-electron chi connectivity index (χ3n) is 5.97. The molecule has 31 heavy (non-hydrogen) atoms. The van der Waals surface area contributed by atoms with Gasteiger partial charge >= 0.3 is 5.69 Å². The van der Waals surface area contributed by atoms with Gasteiger partial charge in [0.2, 0.25) is 0 Å². The summed E-state index contributed by atoms with van der Waals surface area (Å²) in [6.45, 7) is 26.6. The standard InChI is InChI=1S/C14H24N2O2.C11H24N2/c1-9(2)7-16-13(17)12(10(3)4)8-15(11(5)6)14(16)18;1-10(2)12-6-5-7-13(9-8-12)11(3)4/h8-11H,7H2,1-6H3;10-11H,5-9H2,1-4H3. The minimum absolute atomic E-state index is 0.0639. The van der Waals surface area contributed by atoms with Crippen LogP contribution in [0.1, 0.15) is 93.2 Å². The summed E-state index contributed by atoms with van der Waals surface area (Å²) in [6, 6.07) is 1.49. The van der Waals surface area contributed by atoms with Crippen LogP contribution in [-0.4, -0.2) is 57.2 Å². The Bertz CT molecular complexity index is 718. The van der Waals surface area contributed by atoms with Gasteiger partial charge < -0.3 is 0 Å². The van der Waals surface area contributed by atoms with Crippen molar-refractivity contribution in [2.75, 3.05) is 26.2 Å². The lowest BCUT2D eigenvalue weighted by Gasteiger charge is -2.26. The van der Waals surface area contributed by atoms with Gasteiger partial charge in [0.05, 0.1) is 0 Å². The van der Waals surface area contributed by atoms with Crippen molar-refractivity contribution in [2.24, 2.45) is 5.92 Å². The zero-order chi connectivity index (χ0) is 23.9. The fraction of sp³-hybridized carbons (Fsp3) is 0.840. The van der Waals surface area contributed by atoms with E-state index in [0.717, 1.165) is 0 Å². The smallest absolute Gasteiger partial charge is 0.300 e. The summed E-state index contributed by atoms with van der Waals surface area (Å²) < 4.78 is 3.03. The van der Waals surface area contributed by atoms with Crippen molar-refractivity contribution in [2.45, 2.75) is 106 Å². The number of hydrogen-bond donors (Lipinski definition) is 0. The van der Waals surface area contributed by atoms with E-state index in [0.29, 0.717) is 24.2 Å². The van der Waals surface area contributed by atoms with E-state index in [2.05, 4.69) is 37.5 Å². The highest BCUT2D eigenvalue weighted by Crippen LogP contribution is 2.11. The Kier molecular flexibility index (Phi) is 11.2. The summed E-state index contributed by atoms with van der Waals surface area (Å²) in [4.78, 5) is 29.7. The number of aromatic nitrogens is 2. The number of hydrogen-bond acceptors (Lipinski definition) is 4. The first kappa shape index (κ1) is 27.6. The second-order valence-electron chi connectivity index (χ2n) is 10.4. The van der Waals surface area contributed by atoms with Crippen LogP contribution in [0.25, 0.3) is 0 Å². The van der Waals surface area contributed by atoms with Crippen LogP contribution in [0.15, 0.2) is 15.8 Å². The molecule has 0 radical (unpaired) electrons. The topological polar surface area (TPSA) is 50.5 Å². The highest BCUT2D eigenvalue weighted by Gasteiger charge is 2.18. The van der Waals surface area contributed by atoms with Crippen LogP contribution in [0, 0.1) is 5.92 Å². The van der Waals surface area contributed by atoms with Crippen LogP contribution >= 0.6 is 0 Å². The molecule has 0 saturated carbocycles. The lowest BCUT2D eigenvalue weighted by molar-refractivity contribution is 0.202. The van der Waals surface area contributed by atoms with Crippen LogP contribution in [-0.2, 0) is 6.54 Å². The molecule has 1 fully saturated rings. The molecular formula is C25H48N4O2. The van der Waals surface area contributed by atoms with Gasteiger partial charge in [-0.25, -0.2) is 4.79 Å². The van der Waals surface area contributed by atoms with Gasteiger partial charge in [-0.15, -0.1) is 0 Å². The maximum absolute atomic E-state index is 12.3. The van der Waals surface area contributed by atoms with E-state index in [9.17, 15) is 9.59 Å². The Morgan fingerprint density at radius 2 is 1.23 bits per heavy atom. The van der Waals surface area contributed by atoms with Crippen molar-refractivity contribution in [3.63, 3.8) is 0 Å². The molecule has 1 saturated heterocycles. The van der Waals surface area contributed by atoms with Crippen LogP contribution in [0.2, 0.25) is 0 Å². The molecule has 0 unspecified atom stereocenters. The molecule has 1 aromatic rings. The van der Waals surface area contributed by atoms with Crippen molar-refractivity contribution in [3.05, 3.63) is 32.6 Å². The largest absolute Gasteiger partial charge is 0.331 e. The third-order valence-corrected chi connectivity index (χ3v) is 5.97. The van der Waals surface area contributed by atoms with Gasteiger partial charge in [-0.3, -0.25) is 23.7 Å². The maximum atomic E-state index is 12.3. The predicted octanol–water partition coefficient (Wildman–Crippen LogP) is 4.18. The SMILES string of the molecule is CC(C)Cn1c(=O)c(C(C)C)cn(C(C)C)c1=O.CC(C)N1CCCN(C(C)C)CC1. The summed E-state index contributed by atoms with van der Waals surface area (Å²) in [5.74, 6) is 0.403. The molecule has 0 spiro atoms. The van der Waals surface area contributed by atoms with Crippen LogP contribution in [0.3, 0.4) is 0 Å². The van der Waals surface area contributed by atoms with E-state index < -0.39 is 0 Å². The molecule has 0 bridgehead atoms. The van der Waals surface area contributed by atoms with E-state index in [1.807, 2.05) is 41.5 Å². The highest BCUT2D eigenvalue weighted by molar-refractivity contribution is 5.11. The summed E-state index contributed by atoms with van der Waals surface area (Å²) in [6.07, 6.45) is 3.05. The Balaban J connectivity index is 0.000000327. The van der Waals surface area contributed by atoms with Gasteiger partial charge in [-0.2, -0.15) is 0 Å². The Hall–Kier alpha value is -1.40. The van der Waals surface area contributed by atoms with Gasteiger partial charge in [0.15, 0.2) is 0 Å². The van der Waals surface area contributed by atoms with Gasteiger partial charge in [0, 0.05) is 49.5 Å². The average Bonchev–Trinajstić information content (AvgIpc) is 2.91. The molecule has 1 aromatic heterocycles. The molecule has 2 rings (SSSR count). The molecule has 0 amide bonds. The zero-order valence-electron chi connectivity index (χ0n) is 21.8. The molecule has 2 heterocycles. The zero-order valence-corrected chi connectivity index (χ0v) is 21.8. The average molecular weight is 437 g/mol. The molecule has 0 aliphatic carbocycles. The third kappa shape index (κ3) is 8.23. The second-order valence-corrected chi connectivity index (χ2v) is 10.4. The first-order valence-corrected chi connectivity index (χ1v) is 12.2. The lowest BCUT2D eigenvalue weighted by atomic mass is 10.1. The van der Waals surface area contributed by atoms with Gasteiger partial charge in [0.25, 0.3) is 5.56 Å². The molecule has 1 aliphatic heterocycles. The van der Waals surface area contributed by atoms with Crippen LogP contribution < -0.4 is 11.2 Å². The van der Waals surface area contributed by atoms with Gasteiger partial charge in [-0.1, -0.05) is 27.7 Å². The quantitative estimate of drug-likeness (QED) is 0.671. The second kappa shape index (κ2) is 12.6. The fourth-order valence-electron chi connectivity index (χ4n) is 3.92. The van der Waals surface area contributed by atoms with Crippen molar-refractivity contribution in [1.29, 1.82) is 0 Å². The van der Waals surface area contributed by atoms with Crippen molar-refractivity contribution in [3.8, 4) is 0 Å². The molecule has 1 aliphatic rings. The van der Waals surface area contributed by atoms with Crippen LogP contribution in [0.5, 0.6) is 0 Å². The van der Waals surface area contributed by atoms with Gasteiger partial charge in [-0.05, 0) is 72.9 Å². The van der Waals surface area contributed by atoms with E-state index >= 15 is 0 Å². The number of nitrogens with zero attached hydrogens (tertiary/aromatic N) is 4. The van der Waals surface area contributed by atoms with E-state index in [-0.39, 0.29) is 29.1 Å². The summed E-state index contributed by atoms with van der Waals surface area (Å²) in [5.41, 5.74) is 0.373. The molecular weight excluding hydrogens is 388 g/mol. The van der Waals surface area contributed by atoms with E-state index in [4.69, 9.17) is 0 Å². The highest BCUT2D eigenvalue weighted by atomic mass is 16.2. The fourth-order valence-corrected chi connectivity index (χ4v) is 3.92. The molecule has 6 heteroatoms. The monoisotopic (exact) mass is 436 g/mol. The minimum Gasteiger partial charge on any atom is -0.300 e. The Morgan fingerprint density at radius 1 is 0.742 bits per heavy atom. The summed E-state index contributed by atoms with van der Waals surface area (Å²) in [7, 11) is 0. The number of rotatable bonds is 6. The maximum Gasteiger partial charge on any atom is 0.331 e. The van der Waals surface area contributed by atoms with Gasteiger partial charge in [0.1, 0.15) is 0 Å².